The van der Waals surface area contributed by atoms with Gasteiger partial charge in [0, 0.05) is 6.04 Å². The van der Waals surface area contributed by atoms with Crippen molar-refractivity contribution >= 4 is 18.3 Å². The Balaban J connectivity index is 0.00000180. The van der Waals surface area contributed by atoms with Crippen LogP contribution in [0.5, 0.6) is 0 Å². The summed E-state index contributed by atoms with van der Waals surface area (Å²) in [6, 6.07) is 0.415. The standard InChI is InChI=1S/C15H28N2O.ClH/c1-15(11-7-8-12-16-15)14(18)17-13-9-5-3-2-4-6-10-13;/h13,16H,2-12H2,1H3,(H,17,18);1H. The van der Waals surface area contributed by atoms with Crippen LogP contribution in [0.4, 0.5) is 0 Å². The maximum atomic E-state index is 12.4. The minimum absolute atomic E-state index is 0. The molecule has 4 heteroatoms. The van der Waals surface area contributed by atoms with Crippen molar-refractivity contribution in [2.24, 2.45) is 0 Å². The van der Waals surface area contributed by atoms with Gasteiger partial charge in [0.05, 0.1) is 5.54 Å². The van der Waals surface area contributed by atoms with Crippen molar-refractivity contribution in [3.8, 4) is 0 Å². The Labute approximate surface area is 123 Å². The summed E-state index contributed by atoms with van der Waals surface area (Å²) in [7, 11) is 0. The van der Waals surface area contributed by atoms with Gasteiger partial charge in [0.1, 0.15) is 0 Å². The molecule has 1 saturated heterocycles. The van der Waals surface area contributed by atoms with Crippen molar-refractivity contribution in [3.05, 3.63) is 0 Å². The average molecular weight is 289 g/mol. The largest absolute Gasteiger partial charge is 0.352 e. The van der Waals surface area contributed by atoms with Crippen molar-refractivity contribution in [2.45, 2.75) is 82.7 Å². The fraction of sp³-hybridized carbons (Fsp3) is 0.933. The Hall–Kier alpha value is -0.280. The van der Waals surface area contributed by atoms with Gasteiger partial charge in [-0.05, 0) is 45.6 Å². The number of carbonyl (C=O) groups is 1. The molecule has 1 saturated carbocycles. The van der Waals surface area contributed by atoms with Crippen LogP contribution in [0, 0.1) is 0 Å². The Bertz CT molecular complexity index is 269. The van der Waals surface area contributed by atoms with Crippen LogP contribution in [-0.2, 0) is 4.79 Å². The highest BCUT2D eigenvalue weighted by Crippen LogP contribution is 2.21. The molecule has 2 fully saturated rings. The molecule has 1 unspecified atom stereocenters. The quantitative estimate of drug-likeness (QED) is 0.819. The molecule has 0 aromatic heterocycles. The van der Waals surface area contributed by atoms with Gasteiger partial charge in [0.2, 0.25) is 5.91 Å². The van der Waals surface area contributed by atoms with Crippen LogP contribution in [0.3, 0.4) is 0 Å². The van der Waals surface area contributed by atoms with Gasteiger partial charge in [-0.1, -0.05) is 32.1 Å². The predicted octanol–water partition coefficient (Wildman–Crippen LogP) is 3.17. The van der Waals surface area contributed by atoms with Crippen molar-refractivity contribution in [3.63, 3.8) is 0 Å². The molecule has 0 aromatic rings. The second-order valence-corrected chi connectivity index (χ2v) is 6.23. The van der Waals surface area contributed by atoms with Crippen molar-refractivity contribution in [1.82, 2.24) is 10.6 Å². The van der Waals surface area contributed by atoms with Gasteiger partial charge in [-0.25, -0.2) is 0 Å². The second-order valence-electron chi connectivity index (χ2n) is 6.23. The number of halogens is 1. The third-order valence-electron chi connectivity index (χ3n) is 4.56. The molecule has 0 spiro atoms. The van der Waals surface area contributed by atoms with Gasteiger partial charge in [0.15, 0.2) is 0 Å². The van der Waals surface area contributed by atoms with Crippen LogP contribution in [0.15, 0.2) is 0 Å². The molecule has 1 heterocycles. The van der Waals surface area contributed by atoms with E-state index in [0.717, 1.165) is 13.0 Å². The first-order valence-electron chi connectivity index (χ1n) is 7.77. The SMILES string of the molecule is CC1(C(=O)NC2CCCCCCC2)CCCCN1.Cl. The summed E-state index contributed by atoms with van der Waals surface area (Å²) in [5.74, 6) is 0.229. The van der Waals surface area contributed by atoms with Crippen LogP contribution in [0.25, 0.3) is 0 Å². The van der Waals surface area contributed by atoms with E-state index in [2.05, 4.69) is 17.6 Å². The van der Waals surface area contributed by atoms with E-state index in [0.29, 0.717) is 6.04 Å². The third-order valence-corrected chi connectivity index (χ3v) is 4.56. The lowest BCUT2D eigenvalue weighted by Gasteiger charge is -2.35. The average Bonchev–Trinajstić information content (AvgIpc) is 2.33. The van der Waals surface area contributed by atoms with Crippen LogP contribution >= 0.6 is 12.4 Å². The molecule has 1 atom stereocenters. The van der Waals surface area contributed by atoms with E-state index < -0.39 is 0 Å². The molecule has 19 heavy (non-hydrogen) atoms. The molecular weight excluding hydrogens is 260 g/mol. The smallest absolute Gasteiger partial charge is 0.240 e. The highest BCUT2D eigenvalue weighted by molar-refractivity contribution is 5.86. The highest BCUT2D eigenvalue weighted by atomic mass is 35.5. The molecule has 0 bridgehead atoms. The summed E-state index contributed by atoms with van der Waals surface area (Å²) in [5, 5.41) is 6.70. The molecule has 1 aliphatic heterocycles. The van der Waals surface area contributed by atoms with E-state index >= 15 is 0 Å². The number of hydrogen-bond donors (Lipinski definition) is 2. The van der Waals surface area contributed by atoms with Gasteiger partial charge < -0.3 is 10.6 Å². The molecule has 112 valence electrons. The topological polar surface area (TPSA) is 41.1 Å². The van der Waals surface area contributed by atoms with Crippen LogP contribution in [-0.4, -0.2) is 24.0 Å². The number of nitrogens with one attached hydrogen (secondary N) is 2. The number of rotatable bonds is 2. The molecule has 1 amide bonds. The Morgan fingerprint density at radius 2 is 1.68 bits per heavy atom. The molecule has 0 radical (unpaired) electrons. The molecule has 2 aliphatic rings. The second kappa shape index (κ2) is 8.11. The zero-order chi connectivity index (χ0) is 12.8. The maximum absolute atomic E-state index is 12.4. The molecule has 0 aromatic carbocycles. The normalized spacial score (nSPS) is 29.7. The van der Waals surface area contributed by atoms with Gasteiger partial charge in [-0.15, -0.1) is 12.4 Å². The van der Waals surface area contributed by atoms with Crippen LogP contribution in [0.1, 0.15) is 71.1 Å². The minimum atomic E-state index is -0.319. The zero-order valence-corrected chi connectivity index (χ0v) is 13.0. The number of amides is 1. The zero-order valence-electron chi connectivity index (χ0n) is 12.2. The number of hydrogen-bond acceptors (Lipinski definition) is 2. The fourth-order valence-electron chi connectivity index (χ4n) is 3.20. The molecule has 3 nitrogen and oxygen atoms in total. The highest BCUT2D eigenvalue weighted by Gasteiger charge is 2.35. The fourth-order valence-corrected chi connectivity index (χ4v) is 3.20. The lowest BCUT2D eigenvalue weighted by molar-refractivity contribution is -0.128. The van der Waals surface area contributed by atoms with E-state index in [1.807, 2.05) is 0 Å². The van der Waals surface area contributed by atoms with E-state index in [9.17, 15) is 4.79 Å². The molecule has 1 aliphatic carbocycles. The maximum Gasteiger partial charge on any atom is 0.240 e. The van der Waals surface area contributed by atoms with E-state index in [4.69, 9.17) is 0 Å². The van der Waals surface area contributed by atoms with Gasteiger partial charge in [-0.2, -0.15) is 0 Å². The van der Waals surface area contributed by atoms with E-state index in [1.165, 1.54) is 57.8 Å². The van der Waals surface area contributed by atoms with Gasteiger partial charge in [0.25, 0.3) is 0 Å². The first-order chi connectivity index (χ1) is 8.71. The first-order valence-corrected chi connectivity index (χ1v) is 7.77. The van der Waals surface area contributed by atoms with E-state index in [1.54, 1.807) is 0 Å². The van der Waals surface area contributed by atoms with Gasteiger partial charge in [-0.3, -0.25) is 4.79 Å². The lowest BCUT2D eigenvalue weighted by atomic mass is 9.89. The third kappa shape index (κ3) is 4.96. The summed E-state index contributed by atoms with van der Waals surface area (Å²) in [6.07, 6.45) is 12.3. The Kier molecular flexibility index (Phi) is 7.16. The van der Waals surface area contributed by atoms with Crippen LogP contribution < -0.4 is 10.6 Å². The first kappa shape index (κ1) is 16.8. The molecular formula is C15H29ClN2O. The number of piperidine rings is 1. The number of carbonyl (C=O) groups excluding carboxylic acids is 1. The van der Waals surface area contributed by atoms with Crippen molar-refractivity contribution < 1.29 is 4.79 Å². The summed E-state index contributed by atoms with van der Waals surface area (Å²) < 4.78 is 0. The molecule has 2 rings (SSSR count). The predicted molar refractivity (Wildman–Crippen MR) is 81.8 cm³/mol. The summed E-state index contributed by atoms with van der Waals surface area (Å²) in [6.45, 7) is 3.04. The molecule has 2 N–H and O–H groups in total. The monoisotopic (exact) mass is 288 g/mol. The Morgan fingerprint density at radius 3 is 2.26 bits per heavy atom. The van der Waals surface area contributed by atoms with Crippen molar-refractivity contribution in [2.75, 3.05) is 6.54 Å². The van der Waals surface area contributed by atoms with Crippen LogP contribution in [0.2, 0.25) is 0 Å². The lowest BCUT2D eigenvalue weighted by Crippen LogP contribution is -2.58. The summed E-state index contributed by atoms with van der Waals surface area (Å²) >= 11 is 0. The minimum Gasteiger partial charge on any atom is -0.352 e. The van der Waals surface area contributed by atoms with Crippen molar-refractivity contribution in [1.29, 1.82) is 0 Å². The Morgan fingerprint density at radius 1 is 1.05 bits per heavy atom. The van der Waals surface area contributed by atoms with E-state index in [-0.39, 0.29) is 23.9 Å². The summed E-state index contributed by atoms with van der Waals surface area (Å²) in [4.78, 5) is 12.4. The summed E-state index contributed by atoms with van der Waals surface area (Å²) in [5.41, 5.74) is -0.319. The van der Waals surface area contributed by atoms with Gasteiger partial charge >= 0.3 is 0 Å².